The van der Waals surface area contributed by atoms with Crippen molar-refractivity contribution in [2.75, 3.05) is 23.8 Å². The van der Waals surface area contributed by atoms with E-state index in [4.69, 9.17) is 9.68 Å². The Bertz CT molecular complexity index is 1680. The Hall–Kier alpha value is -6.44. The monoisotopic (exact) mass is 594 g/mol. The lowest BCUT2D eigenvalue weighted by molar-refractivity contribution is -0.385. The minimum atomic E-state index is -0.663. The van der Waals surface area contributed by atoms with E-state index in [1.807, 2.05) is 0 Å². The molecule has 4 aromatic rings. The minimum absolute atomic E-state index is 0.103. The van der Waals surface area contributed by atoms with Gasteiger partial charge in [-0.2, -0.15) is 0 Å². The summed E-state index contributed by atoms with van der Waals surface area (Å²) in [6.07, 6.45) is 0. The molecule has 0 atom stereocenters. The zero-order valence-electron chi connectivity index (χ0n) is 22.7. The quantitative estimate of drug-likeness (QED) is 0.253. The number of carbonyl (C=O) groups is 2. The summed E-state index contributed by atoms with van der Waals surface area (Å²) in [5.74, 6) is -1.33. The first-order chi connectivity index (χ1) is 21.3. The molecule has 44 heavy (non-hydrogen) atoms. The van der Waals surface area contributed by atoms with Crippen molar-refractivity contribution in [1.82, 2.24) is 0 Å². The number of anilines is 2. The lowest BCUT2D eigenvalue weighted by Gasteiger charge is -2.16. The molecule has 0 aliphatic carbocycles. The van der Waals surface area contributed by atoms with Crippen molar-refractivity contribution in [3.8, 4) is 0 Å². The largest absolute Gasteiger partial charge is 0.385 e. The summed E-state index contributed by atoms with van der Waals surface area (Å²) in [7, 11) is 0. The van der Waals surface area contributed by atoms with E-state index in [-0.39, 0.29) is 45.3 Å². The molecule has 0 radical (unpaired) electrons. The standard InChI is InChI=1S/C30H22N6O8/c37-27-17-43-33-29(19-7-3-1-4-8-19)23-15-21(35(39)40)11-13-25(23)31-28(38)18-44-34-30(20-9-5-2-6-10-20)24-16-22(36(41)42)12-14-26(24)32-27/h1-16H,17-18H2,(H,31,38)(H,32,37)/b33-29+,34-30+. The van der Waals surface area contributed by atoms with E-state index in [1.165, 1.54) is 36.4 Å². The van der Waals surface area contributed by atoms with Crippen molar-refractivity contribution in [1.29, 1.82) is 0 Å². The predicted molar refractivity (Wildman–Crippen MR) is 160 cm³/mol. The van der Waals surface area contributed by atoms with E-state index in [1.54, 1.807) is 60.7 Å². The number of nitrogens with one attached hydrogen (secondary N) is 2. The maximum Gasteiger partial charge on any atom is 0.270 e. The van der Waals surface area contributed by atoms with Gasteiger partial charge in [0.1, 0.15) is 11.4 Å². The highest BCUT2D eigenvalue weighted by Crippen LogP contribution is 2.28. The number of nitrogens with zero attached hydrogens (tertiary/aromatic N) is 4. The van der Waals surface area contributed by atoms with E-state index >= 15 is 0 Å². The van der Waals surface area contributed by atoms with Gasteiger partial charge in [0, 0.05) is 46.5 Å². The Balaban J connectivity index is 1.62. The molecule has 0 spiro atoms. The fraction of sp³-hybridized carbons (Fsp3) is 0.0667. The smallest absolute Gasteiger partial charge is 0.270 e. The van der Waals surface area contributed by atoms with Crippen LogP contribution in [0.2, 0.25) is 0 Å². The Morgan fingerprint density at radius 2 is 0.977 bits per heavy atom. The molecule has 5 rings (SSSR count). The van der Waals surface area contributed by atoms with Crippen molar-refractivity contribution < 1.29 is 29.1 Å². The lowest BCUT2D eigenvalue weighted by atomic mass is 10.00. The number of fused-ring (bicyclic) bond motifs is 2. The van der Waals surface area contributed by atoms with E-state index in [2.05, 4.69) is 20.9 Å². The van der Waals surface area contributed by atoms with E-state index < -0.39 is 34.9 Å². The maximum absolute atomic E-state index is 13.0. The van der Waals surface area contributed by atoms with Crippen LogP contribution < -0.4 is 10.6 Å². The van der Waals surface area contributed by atoms with Gasteiger partial charge in [0.15, 0.2) is 13.2 Å². The Morgan fingerprint density at radius 1 is 0.591 bits per heavy atom. The summed E-state index contributed by atoms with van der Waals surface area (Å²) in [5.41, 5.74) is 1.24. The van der Waals surface area contributed by atoms with E-state index in [0.717, 1.165) is 0 Å². The summed E-state index contributed by atoms with van der Waals surface area (Å²) >= 11 is 0. The average Bonchev–Trinajstić information content (AvgIpc) is 3.02. The van der Waals surface area contributed by atoms with Crippen molar-refractivity contribution in [3.05, 3.63) is 140 Å². The second-order valence-corrected chi connectivity index (χ2v) is 9.23. The molecular weight excluding hydrogens is 572 g/mol. The van der Waals surface area contributed by atoms with Gasteiger partial charge in [0.05, 0.1) is 21.2 Å². The molecule has 14 nitrogen and oxygen atoms in total. The molecule has 0 aromatic heterocycles. The van der Waals surface area contributed by atoms with Gasteiger partial charge in [0.2, 0.25) is 0 Å². The number of carbonyl (C=O) groups excluding carboxylic acids is 2. The first-order valence-corrected chi connectivity index (χ1v) is 13.0. The summed E-state index contributed by atoms with van der Waals surface area (Å²) in [6.45, 7) is -1.20. The molecule has 2 amide bonds. The second kappa shape index (κ2) is 13.0. The molecule has 1 aliphatic heterocycles. The molecule has 220 valence electrons. The Kier molecular flexibility index (Phi) is 8.61. The van der Waals surface area contributed by atoms with Gasteiger partial charge in [0.25, 0.3) is 23.2 Å². The zero-order chi connectivity index (χ0) is 31.1. The molecule has 2 N–H and O–H groups in total. The van der Waals surface area contributed by atoms with Gasteiger partial charge in [-0.15, -0.1) is 0 Å². The van der Waals surface area contributed by atoms with Crippen LogP contribution in [0.25, 0.3) is 0 Å². The molecule has 0 unspecified atom stereocenters. The first kappa shape index (κ1) is 29.1. The maximum atomic E-state index is 13.0. The molecule has 14 heteroatoms. The molecule has 4 aromatic carbocycles. The minimum Gasteiger partial charge on any atom is -0.385 e. The Labute approximate surface area is 248 Å². The van der Waals surface area contributed by atoms with E-state index in [0.29, 0.717) is 11.1 Å². The van der Waals surface area contributed by atoms with Gasteiger partial charge in [-0.3, -0.25) is 29.8 Å². The number of nitro groups is 2. The molecule has 0 bridgehead atoms. The number of amides is 2. The van der Waals surface area contributed by atoms with Crippen LogP contribution in [0.5, 0.6) is 0 Å². The summed E-state index contributed by atoms with van der Waals surface area (Å²) in [5, 5.41) is 36.8. The van der Waals surface area contributed by atoms with Crippen LogP contribution in [0.3, 0.4) is 0 Å². The number of benzene rings is 4. The molecule has 0 saturated carbocycles. The number of nitro benzene ring substituents is 2. The summed E-state index contributed by atoms with van der Waals surface area (Å²) < 4.78 is 0. The fourth-order valence-electron chi connectivity index (χ4n) is 4.29. The first-order valence-electron chi connectivity index (χ1n) is 13.0. The van der Waals surface area contributed by atoms with Crippen LogP contribution in [0.4, 0.5) is 22.7 Å². The van der Waals surface area contributed by atoms with Crippen LogP contribution in [0, 0.1) is 20.2 Å². The highest BCUT2D eigenvalue weighted by atomic mass is 16.6. The third kappa shape index (κ3) is 6.71. The van der Waals surface area contributed by atoms with E-state index in [9.17, 15) is 29.8 Å². The number of oxime groups is 2. The molecule has 0 saturated heterocycles. The third-order valence-electron chi connectivity index (χ3n) is 6.28. The topological polar surface area (TPSA) is 188 Å². The second-order valence-electron chi connectivity index (χ2n) is 9.23. The highest BCUT2D eigenvalue weighted by molar-refractivity contribution is 6.18. The lowest BCUT2D eigenvalue weighted by Crippen LogP contribution is -2.22. The number of hydrogen-bond acceptors (Lipinski definition) is 10. The SMILES string of the molecule is O=C1CO/N=C(\c2ccccc2)c2cc([N+](=O)[O-])ccc2NC(=O)CO/N=C(\c2ccccc2)c2cc([N+](=O)[O-])ccc2N1. The van der Waals surface area contributed by atoms with Crippen LogP contribution >= 0.6 is 0 Å². The van der Waals surface area contributed by atoms with Gasteiger partial charge >= 0.3 is 0 Å². The molecular formula is C30H22N6O8. The van der Waals surface area contributed by atoms with Crippen molar-refractivity contribution in [2.45, 2.75) is 0 Å². The average molecular weight is 595 g/mol. The number of rotatable bonds is 4. The van der Waals surface area contributed by atoms with Gasteiger partial charge in [-0.1, -0.05) is 71.0 Å². The van der Waals surface area contributed by atoms with Crippen LogP contribution in [-0.2, 0) is 19.3 Å². The Morgan fingerprint density at radius 3 is 1.34 bits per heavy atom. The van der Waals surface area contributed by atoms with Gasteiger partial charge in [-0.25, -0.2) is 0 Å². The number of hydrogen-bond donors (Lipinski definition) is 2. The fourth-order valence-corrected chi connectivity index (χ4v) is 4.29. The third-order valence-corrected chi connectivity index (χ3v) is 6.28. The van der Waals surface area contributed by atoms with Crippen LogP contribution in [0.1, 0.15) is 22.3 Å². The molecule has 1 heterocycles. The zero-order valence-corrected chi connectivity index (χ0v) is 22.7. The van der Waals surface area contributed by atoms with Crippen molar-refractivity contribution >= 4 is 46.0 Å². The predicted octanol–water partition coefficient (Wildman–Crippen LogP) is 4.63. The van der Waals surface area contributed by atoms with Crippen LogP contribution in [0.15, 0.2) is 107 Å². The van der Waals surface area contributed by atoms with Crippen molar-refractivity contribution in [3.63, 3.8) is 0 Å². The summed E-state index contributed by atoms with van der Waals surface area (Å²) in [4.78, 5) is 58.9. The molecule has 0 fully saturated rings. The number of non-ortho nitro benzene ring substituents is 2. The van der Waals surface area contributed by atoms with Crippen LogP contribution in [-0.4, -0.2) is 46.3 Å². The van der Waals surface area contributed by atoms with Gasteiger partial charge in [-0.05, 0) is 12.1 Å². The highest BCUT2D eigenvalue weighted by Gasteiger charge is 2.22. The van der Waals surface area contributed by atoms with Gasteiger partial charge < -0.3 is 20.3 Å². The van der Waals surface area contributed by atoms with Crippen molar-refractivity contribution in [2.24, 2.45) is 10.3 Å². The normalized spacial score (nSPS) is 16.2. The molecule has 1 aliphatic rings. The summed E-state index contributed by atoms with van der Waals surface area (Å²) in [6, 6.07) is 24.6.